The number of carbonyl (C=O) groups is 1. The first-order valence-electron chi connectivity index (χ1n) is 2.20. The van der Waals surface area contributed by atoms with E-state index in [1.54, 1.807) is 0 Å². The second kappa shape index (κ2) is 10.8. The zero-order chi connectivity index (χ0) is 5.70. The molecule has 0 rings (SSSR count). The van der Waals surface area contributed by atoms with Crippen LogP contribution < -0.4 is 5.73 Å². The van der Waals surface area contributed by atoms with Gasteiger partial charge in [0.25, 0.3) is 0 Å². The van der Waals surface area contributed by atoms with Crippen molar-refractivity contribution in [1.29, 1.82) is 0 Å². The Balaban J connectivity index is -0.000000180. The van der Waals surface area contributed by atoms with Crippen LogP contribution in [0.25, 0.3) is 0 Å². The predicted molar refractivity (Wildman–Crippen MR) is 37.5 cm³/mol. The van der Waals surface area contributed by atoms with Gasteiger partial charge in [0.05, 0.1) is 0 Å². The minimum atomic E-state index is -0.161. The Kier molecular flexibility index (Phi) is 19.2. The molecule has 0 atom stereocenters. The van der Waals surface area contributed by atoms with Crippen LogP contribution >= 0.6 is 0 Å². The van der Waals surface area contributed by atoms with Gasteiger partial charge in [-0.3, -0.25) is 0 Å². The molecule has 0 heterocycles. The average Bonchev–Trinajstić information content (AvgIpc) is 1.61. The van der Waals surface area contributed by atoms with Crippen molar-refractivity contribution in [2.24, 2.45) is 5.73 Å². The Labute approximate surface area is 60.9 Å². The number of hydrogen-bond acceptors (Lipinski definition) is 1. The van der Waals surface area contributed by atoms with Gasteiger partial charge in [-0.05, 0) is 0 Å². The van der Waals surface area contributed by atoms with Gasteiger partial charge in [0.15, 0.2) is 0 Å². The van der Waals surface area contributed by atoms with E-state index in [4.69, 9.17) is 5.73 Å². The van der Waals surface area contributed by atoms with Crippen LogP contribution in [0, 0.1) is 0 Å². The van der Waals surface area contributed by atoms with Crippen LogP contribution in [0.1, 0.15) is 6.42 Å². The molecule has 5 heteroatoms. The predicted octanol–water partition coefficient (Wildman–Crippen LogP) is -1.62. The van der Waals surface area contributed by atoms with Crippen LogP contribution in [0.2, 0.25) is 11.0 Å². The summed E-state index contributed by atoms with van der Waals surface area (Å²) in [5.41, 5.74) is 4.86. The van der Waals surface area contributed by atoms with Crippen molar-refractivity contribution in [2.45, 2.75) is 17.4 Å². The molecule has 0 aromatic heterocycles. The summed E-state index contributed by atoms with van der Waals surface area (Å²) < 4.78 is 0. The summed E-state index contributed by atoms with van der Waals surface area (Å²) in [5, 5.41) is 1.05. The molecule has 2 radical (unpaired) electrons. The molecule has 6 N–H and O–H groups in total. The van der Waals surface area contributed by atoms with E-state index in [0.717, 1.165) is 5.25 Å². The molecule has 0 saturated carbocycles. The topological polar surface area (TPSA) is 106 Å². The normalized spacial score (nSPS) is 6.78. The van der Waals surface area contributed by atoms with Crippen molar-refractivity contribution in [3.63, 3.8) is 0 Å². The molecule has 0 aromatic rings. The van der Waals surface area contributed by atoms with E-state index in [1.807, 2.05) is 0 Å². The summed E-state index contributed by atoms with van der Waals surface area (Å²) in [6.07, 6.45) is 0.594. The molecule has 0 aromatic carbocycles. The zero-order valence-corrected chi connectivity index (χ0v) is 7.50. The van der Waals surface area contributed by atoms with Gasteiger partial charge in [0, 0.05) is 0 Å². The molecule has 9 heavy (non-hydrogen) atoms. The van der Waals surface area contributed by atoms with Gasteiger partial charge >= 0.3 is 49.3 Å². The van der Waals surface area contributed by atoms with Gasteiger partial charge in [0.1, 0.15) is 0 Å². The standard InChI is InChI=1S/C4H9GeNO.2H2O/c1-5-3-2-4(6)7;;/h2-3H2,1H3,(H2,6,7);2*1H2. The van der Waals surface area contributed by atoms with Gasteiger partial charge in [-0.2, -0.15) is 0 Å². The third kappa shape index (κ3) is 18.1. The van der Waals surface area contributed by atoms with Crippen molar-refractivity contribution in [2.75, 3.05) is 0 Å². The van der Waals surface area contributed by atoms with E-state index >= 15 is 0 Å². The van der Waals surface area contributed by atoms with Gasteiger partial charge in [-0.15, -0.1) is 0 Å². The number of nitrogens with two attached hydrogens (primary N) is 1. The summed E-state index contributed by atoms with van der Waals surface area (Å²) in [7, 11) is 0. The van der Waals surface area contributed by atoms with E-state index in [1.165, 1.54) is 0 Å². The molecule has 0 aliphatic rings. The molecule has 0 unspecified atom stereocenters. The Morgan fingerprint density at radius 2 is 2.00 bits per heavy atom. The third-order valence-electron chi connectivity index (χ3n) is 0.621. The first-order chi connectivity index (χ1) is 3.27. The van der Waals surface area contributed by atoms with Crippen LogP contribution in [-0.2, 0) is 4.79 Å². The minimum absolute atomic E-state index is 0. The van der Waals surface area contributed by atoms with Crippen LogP contribution in [0.5, 0.6) is 0 Å². The van der Waals surface area contributed by atoms with Crippen LogP contribution in [0.3, 0.4) is 0 Å². The Morgan fingerprint density at radius 1 is 1.56 bits per heavy atom. The number of hydrogen-bond donors (Lipinski definition) is 1. The van der Waals surface area contributed by atoms with E-state index in [9.17, 15) is 4.79 Å². The fraction of sp³-hybridized carbons (Fsp3) is 0.750. The van der Waals surface area contributed by atoms with E-state index in [0.29, 0.717) is 6.42 Å². The summed E-state index contributed by atoms with van der Waals surface area (Å²) >= 11 is 0.168. The number of rotatable bonds is 3. The fourth-order valence-electron chi connectivity index (χ4n) is 0.248. The average molecular weight is 196 g/mol. The maximum atomic E-state index is 10.0. The third-order valence-corrected chi connectivity index (χ3v) is 2.19. The molecule has 4 nitrogen and oxygen atoms in total. The summed E-state index contributed by atoms with van der Waals surface area (Å²) in [6.45, 7) is 0. The second-order valence-corrected chi connectivity index (χ2v) is 3.85. The molecular weight excluding hydrogens is 183 g/mol. The van der Waals surface area contributed by atoms with Crippen molar-refractivity contribution >= 4 is 21.3 Å². The first kappa shape index (κ1) is 16.0. The molecule has 0 aliphatic heterocycles. The Hall–Kier alpha value is -0.0671. The molecule has 0 fully saturated rings. The van der Waals surface area contributed by atoms with Crippen LogP contribution in [-0.4, -0.2) is 32.3 Å². The number of carbonyl (C=O) groups excluding carboxylic acids is 1. The van der Waals surface area contributed by atoms with E-state index < -0.39 is 0 Å². The SMILES string of the molecule is O.O.[CH3][Ge][CH2]CC(N)=O. The van der Waals surface area contributed by atoms with Crippen LogP contribution in [0.15, 0.2) is 0 Å². The van der Waals surface area contributed by atoms with Crippen molar-refractivity contribution in [1.82, 2.24) is 0 Å². The van der Waals surface area contributed by atoms with Crippen molar-refractivity contribution in [3.8, 4) is 0 Å². The molecule has 0 spiro atoms. The molecule has 0 aliphatic carbocycles. The summed E-state index contributed by atoms with van der Waals surface area (Å²) in [4.78, 5) is 10.0. The van der Waals surface area contributed by atoms with Gasteiger partial charge in [-0.25, -0.2) is 0 Å². The van der Waals surface area contributed by atoms with Gasteiger partial charge < -0.3 is 11.0 Å². The Morgan fingerprint density at radius 3 is 2.11 bits per heavy atom. The summed E-state index contributed by atoms with van der Waals surface area (Å²) in [5.74, 6) is 1.99. The van der Waals surface area contributed by atoms with Crippen molar-refractivity contribution in [3.05, 3.63) is 0 Å². The van der Waals surface area contributed by atoms with E-state index in [-0.39, 0.29) is 32.3 Å². The molecule has 0 saturated heterocycles. The fourth-order valence-corrected chi connectivity index (χ4v) is 1.29. The van der Waals surface area contributed by atoms with E-state index in [2.05, 4.69) is 5.76 Å². The van der Waals surface area contributed by atoms with Gasteiger partial charge in [-0.1, -0.05) is 0 Å². The zero-order valence-electron chi connectivity index (χ0n) is 5.40. The first-order valence-corrected chi connectivity index (χ1v) is 5.78. The number of amides is 1. The summed E-state index contributed by atoms with van der Waals surface area (Å²) in [6, 6.07) is 0. The second-order valence-electron chi connectivity index (χ2n) is 1.32. The Bertz CT molecular complexity index is 68.8. The molecule has 56 valence electrons. The molecule has 1 amide bonds. The van der Waals surface area contributed by atoms with Gasteiger partial charge in [0.2, 0.25) is 0 Å². The number of primary amides is 1. The van der Waals surface area contributed by atoms with Crippen molar-refractivity contribution < 1.29 is 15.7 Å². The monoisotopic (exact) mass is 197 g/mol. The molecular formula is C4H13GeNO3. The quantitative estimate of drug-likeness (QED) is 0.538. The molecule has 0 bridgehead atoms. The van der Waals surface area contributed by atoms with Crippen LogP contribution in [0.4, 0.5) is 0 Å². The maximum absolute atomic E-state index is 10.0.